The van der Waals surface area contributed by atoms with E-state index in [9.17, 15) is 0 Å². The van der Waals surface area contributed by atoms with Crippen LogP contribution in [0.2, 0.25) is 5.02 Å². The Balaban J connectivity index is 2.56. The molecule has 1 aromatic rings. The van der Waals surface area contributed by atoms with E-state index in [0.29, 0.717) is 23.4 Å². The van der Waals surface area contributed by atoms with Crippen molar-refractivity contribution in [2.45, 2.75) is 26.0 Å². The first-order chi connectivity index (χ1) is 8.13. The van der Waals surface area contributed by atoms with Gasteiger partial charge in [-0.3, -0.25) is 0 Å². The molecule has 1 atom stereocenters. The van der Waals surface area contributed by atoms with Gasteiger partial charge in [-0.1, -0.05) is 37.6 Å². The van der Waals surface area contributed by atoms with Crippen molar-refractivity contribution >= 4 is 11.6 Å². The average molecular weight is 258 g/mol. The van der Waals surface area contributed by atoms with Gasteiger partial charge in [-0.2, -0.15) is 0 Å². The number of halogens is 1. The van der Waals surface area contributed by atoms with E-state index in [-0.39, 0.29) is 6.10 Å². The van der Waals surface area contributed by atoms with Crippen LogP contribution in [0.4, 0.5) is 0 Å². The van der Waals surface area contributed by atoms with Gasteiger partial charge in [0, 0.05) is 19.7 Å². The molecule has 0 saturated carbocycles. The van der Waals surface area contributed by atoms with Gasteiger partial charge in [0.1, 0.15) is 11.9 Å². The maximum Gasteiger partial charge on any atom is 0.138 e. The number of rotatable bonds is 7. The summed E-state index contributed by atoms with van der Waals surface area (Å²) < 4.78 is 11.0. The number of benzene rings is 1. The largest absolute Gasteiger partial charge is 0.485 e. The SMILES string of the molecule is COCC(CNC(C)C)Oc1ccccc1Cl. The zero-order chi connectivity index (χ0) is 12.7. The fourth-order valence-corrected chi connectivity index (χ4v) is 1.59. The van der Waals surface area contributed by atoms with Crippen molar-refractivity contribution in [3.05, 3.63) is 29.3 Å². The molecule has 1 aromatic carbocycles. The number of hydrogen-bond donors (Lipinski definition) is 1. The first-order valence-corrected chi connectivity index (χ1v) is 6.14. The number of methoxy groups -OCH3 is 1. The van der Waals surface area contributed by atoms with E-state index in [0.717, 1.165) is 6.54 Å². The van der Waals surface area contributed by atoms with Crippen molar-refractivity contribution < 1.29 is 9.47 Å². The van der Waals surface area contributed by atoms with Gasteiger partial charge in [0.05, 0.1) is 11.6 Å². The Morgan fingerprint density at radius 2 is 2.00 bits per heavy atom. The van der Waals surface area contributed by atoms with Crippen LogP contribution in [-0.4, -0.2) is 32.4 Å². The van der Waals surface area contributed by atoms with E-state index in [1.807, 2.05) is 24.3 Å². The lowest BCUT2D eigenvalue weighted by atomic mass is 10.3. The van der Waals surface area contributed by atoms with Gasteiger partial charge in [-0.25, -0.2) is 0 Å². The Labute approximate surface area is 108 Å². The number of ether oxygens (including phenoxy) is 2. The van der Waals surface area contributed by atoms with Gasteiger partial charge in [0.25, 0.3) is 0 Å². The lowest BCUT2D eigenvalue weighted by Crippen LogP contribution is -2.38. The molecule has 1 unspecified atom stereocenters. The van der Waals surface area contributed by atoms with E-state index in [2.05, 4.69) is 19.2 Å². The summed E-state index contributed by atoms with van der Waals surface area (Å²) in [6.45, 7) is 5.46. The predicted molar refractivity (Wildman–Crippen MR) is 70.9 cm³/mol. The van der Waals surface area contributed by atoms with Gasteiger partial charge in [-0.15, -0.1) is 0 Å². The molecule has 0 aliphatic carbocycles. The Bertz CT molecular complexity index is 331. The summed E-state index contributed by atoms with van der Waals surface area (Å²) in [5, 5.41) is 3.95. The van der Waals surface area contributed by atoms with E-state index >= 15 is 0 Å². The molecular formula is C13H20ClNO2. The summed E-state index contributed by atoms with van der Waals surface area (Å²) in [7, 11) is 1.67. The van der Waals surface area contributed by atoms with Gasteiger partial charge < -0.3 is 14.8 Å². The summed E-state index contributed by atoms with van der Waals surface area (Å²) in [6, 6.07) is 7.88. The number of nitrogens with one attached hydrogen (secondary N) is 1. The summed E-state index contributed by atoms with van der Waals surface area (Å²) in [5.74, 6) is 0.696. The van der Waals surface area contributed by atoms with Crippen LogP contribution in [0.3, 0.4) is 0 Å². The van der Waals surface area contributed by atoms with Crippen molar-refractivity contribution in [1.82, 2.24) is 5.32 Å². The highest BCUT2D eigenvalue weighted by molar-refractivity contribution is 6.32. The van der Waals surface area contributed by atoms with Gasteiger partial charge in [0.2, 0.25) is 0 Å². The molecule has 0 aromatic heterocycles. The summed E-state index contributed by atoms with van der Waals surface area (Å²) in [4.78, 5) is 0. The molecule has 4 heteroatoms. The molecule has 1 N–H and O–H groups in total. The molecule has 0 aliphatic rings. The van der Waals surface area contributed by atoms with E-state index in [1.165, 1.54) is 0 Å². The minimum Gasteiger partial charge on any atom is -0.485 e. The van der Waals surface area contributed by atoms with Crippen molar-refractivity contribution in [3.8, 4) is 5.75 Å². The van der Waals surface area contributed by atoms with Gasteiger partial charge >= 0.3 is 0 Å². The van der Waals surface area contributed by atoms with Crippen molar-refractivity contribution in [1.29, 1.82) is 0 Å². The standard InChI is InChI=1S/C13H20ClNO2/c1-10(2)15-8-11(9-16-3)17-13-7-5-4-6-12(13)14/h4-7,10-11,15H,8-9H2,1-3H3. The molecule has 0 bridgehead atoms. The first kappa shape index (κ1) is 14.3. The zero-order valence-corrected chi connectivity index (χ0v) is 11.3. The number of hydrogen-bond acceptors (Lipinski definition) is 3. The molecule has 0 saturated heterocycles. The Hall–Kier alpha value is -0.770. The van der Waals surface area contributed by atoms with E-state index in [1.54, 1.807) is 7.11 Å². The average Bonchev–Trinajstić information content (AvgIpc) is 2.29. The minimum atomic E-state index is -0.0395. The smallest absolute Gasteiger partial charge is 0.138 e. The van der Waals surface area contributed by atoms with Crippen LogP contribution in [0.25, 0.3) is 0 Å². The fourth-order valence-electron chi connectivity index (χ4n) is 1.41. The molecule has 96 valence electrons. The van der Waals surface area contributed by atoms with Crippen LogP contribution in [-0.2, 0) is 4.74 Å². The third-order valence-electron chi connectivity index (χ3n) is 2.24. The molecule has 0 spiro atoms. The van der Waals surface area contributed by atoms with Crippen LogP contribution in [0.5, 0.6) is 5.75 Å². The second-order valence-corrected chi connectivity index (χ2v) is 4.60. The number of para-hydroxylation sites is 1. The lowest BCUT2D eigenvalue weighted by Gasteiger charge is -2.20. The second-order valence-electron chi connectivity index (χ2n) is 4.19. The van der Waals surface area contributed by atoms with Crippen molar-refractivity contribution in [3.63, 3.8) is 0 Å². The molecule has 0 amide bonds. The molecule has 0 fully saturated rings. The minimum absolute atomic E-state index is 0.0395. The molecule has 0 heterocycles. The van der Waals surface area contributed by atoms with Crippen LogP contribution in [0.15, 0.2) is 24.3 Å². The molecule has 3 nitrogen and oxygen atoms in total. The first-order valence-electron chi connectivity index (χ1n) is 5.77. The lowest BCUT2D eigenvalue weighted by molar-refractivity contribution is 0.0795. The van der Waals surface area contributed by atoms with E-state index in [4.69, 9.17) is 21.1 Å². The highest BCUT2D eigenvalue weighted by atomic mass is 35.5. The highest BCUT2D eigenvalue weighted by Gasteiger charge is 2.12. The summed E-state index contributed by atoms with van der Waals surface area (Å²) >= 11 is 6.04. The van der Waals surface area contributed by atoms with E-state index < -0.39 is 0 Å². The third-order valence-corrected chi connectivity index (χ3v) is 2.55. The molecule has 17 heavy (non-hydrogen) atoms. The van der Waals surface area contributed by atoms with Gasteiger partial charge in [-0.05, 0) is 12.1 Å². The monoisotopic (exact) mass is 257 g/mol. The van der Waals surface area contributed by atoms with Crippen molar-refractivity contribution in [2.24, 2.45) is 0 Å². The van der Waals surface area contributed by atoms with Crippen LogP contribution < -0.4 is 10.1 Å². The second kappa shape index (κ2) is 7.54. The zero-order valence-electron chi connectivity index (χ0n) is 10.6. The normalized spacial score (nSPS) is 12.8. The quantitative estimate of drug-likeness (QED) is 0.815. The fraction of sp³-hybridized carbons (Fsp3) is 0.538. The van der Waals surface area contributed by atoms with Crippen LogP contribution >= 0.6 is 11.6 Å². The Morgan fingerprint density at radius 1 is 1.29 bits per heavy atom. The molecule has 1 rings (SSSR count). The summed E-state index contributed by atoms with van der Waals surface area (Å²) in [5.41, 5.74) is 0. The summed E-state index contributed by atoms with van der Waals surface area (Å²) in [6.07, 6.45) is -0.0395. The van der Waals surface area contributed by atoms with Gasteiger partial charge in [0.15, 0.2) is 0 Å². The third kappa shape index (κ3) is 5.39. The van der Waals surface area contributed by atoms with Crippen LogP contribution in [0.1, 0.15) is 13.8 Å². The maximum atomic E-state index is 6.04. The Morgan fingerprint density at radius 3 is 2.59 bits per heavy atom. The molecular weight excluding hydrogens is 238 g/mol. The maximum absolute atomic E-state index is 6.04. The van der Waals surface area contributed by atoms with Crippen molar-refractivity contribution in [2.75, 3.05) is 20.3 Å². The molecule has 0 aliphatic heterocycles. The van der Waals surface area contributed by atoms with Crippen LogP contribution in [0, 0.1) is 0 Å². The molecule has 0 radical (unpaired) electrons. The Kier molecular flexibility index (Phi) is 6.34. The highest BCUT2D eigenvalue weighted by Crippen LogP contribution is 2.24. The topological polar surface area (TPSA) is 30.5 Å². The predicted octanol–water partition coefficient (Wildman–Crippen LogP) is 2.73.